The standard InChI is InChI=1S/C16H29N3O5/c20-10-14(22)16-15(23)13(21)9-19(8-12-7-17-11-18-12)5-3-1-2-4-6-24-16/h7,11,13-16,20-23H,1-6,8-10H2,(H,17,18)/t13-,14+,15+,16+/m0/s1. The molecular formula is C16H29N3O5. The molecule has 2 heterocycles. The lowest BCUT2D eigenvalue weighted by Crippen LogP contribution is -2.51. The summed E-state index contributed by atoms with van der Waals surface area (Å²) in [5.74, 6) is 0. The van der Waals surface area contributed by atoms with Gasteiger partial charge in [-0.3, -0.25) is 4.90 Å². The Bertz CT molecular complexity index is 445. The summed E-state index contributed by atoms with van der Waals surface area (Å²) in [6.07, 6.45) is 2.63. The number of aliphatic hydroxyl groups is 4. The predicted octanol–water partition coefficient (Wildman–Crippen LogP) is -0.754. The fraction of sp³-hybridized carbons (Fsp3) is 0.812. The molecule has 24 heavy (non-hydrogen) atoms. The number of ether oxygens (including phenoxy) is 1. The number of aromatic nitrogens is 2. The number of aromatic amines is 1. The van der Waals surface area contributed by atoms with Crippen LogP contribution in [0.4, 0.5) is 0 Å². The van der Waals surface area contributed by atoms with Gasteiger partial charge >= 0.3 is 0 Å². The Morgan fingerprint density at radius 1 is 1.29 bits per heavy atom. The van der Waals surface area contributed by atoms with Crippen LogP contribution in [0.15, 0.2) is 12.5 Å². The van der Waals surface area contributed by atoms with Gasteiger partial charge in [0.25, 0.3) is 0 Å². The van der Waals surface area contributed by atoms with Crippen molar-refractivity contribution >= 4 is 0 Å². The smallest absolute Gasteiger partial charge is 0.114 e. The maximum absolute atomic E-state index is 10.4. The minimum atomic E-state index is -1.27. The third kappa shape index (κ3) is 5.80. The molecule has 2 rings (SSSR count). The Hall–Kier alpha value is -1.03. The monoisotopic (exact) mass is 343 g/mol. The number of nitrogens with zero attached hydrogens (tertiary/aromatic N) is 2. The Morgan fingerprint density at radius 2 is 2.08 bits per heavy atom. The van der Waals surface area contributed by atoms with Crippen LogP contribution < -0.4 is 0 Å². The predicted molar refractivity (Wildman–Crippen MR) is 87.2 cm³/mol. The van der Waals surface area contributed by atoms with Crippen molar-refractivity contribution < 1.29 is 25.2 Å². The van der Waals surface area contributed by atoms with Crippen molar-refractivity contribution in [2.75, 3.05) is 26.3 Å². The second kappa shape index (κ2) is 10.1. The molecule has 0 radical (unpaired) electrons. The summed E-state index contributed by atoms with van der Waals surface area (Å²) in [6.45, 7) is 1.52. The molecule has 0 bridgehead atoms. The van der Waals surface area contributed by atoms with E-state index in [0.717, 1.165) is 37.9 Å². The van der Waals surface area contributed by atoms with Crippen molar-refractivity contribution in [3.63, 3.8) is 0 Å². The first-order valence-electron chi connectivity index (χ1n) is 8.58. The normalized spacial score (nSPS) is 29.6. The molecule has 0 aromatic carbocycles. The van der Waals surface area contributed by atoms with Gasteiger partial charge in [0.1, 0.15) is 18.3 Å². The van der Waals surface area contributed by atoms with Gasteiger partial charge in [-0.2, -0.15) is 0 Å². The summed E-state index contributed by atoms with van der Waals surface area (Å²) in [6, 6.07) is 0. The van der Waals surface area contributed by atoms with Crippen LogP contribution >= 0.6 is 0 Å². The van der Waals surface area contributed by atoms with E-state index >= 15 is 0 Å². The van der Waals surface area contributed by atoms with E-state index in [1.807, 2.05) is 4.90 Å². The van der Waals surface area contributed by atoms with Gasteiger partial charge in [-0.05, 0) is 19.4 Å². The molecule has 1 aliphatic rings. The zero-order chi connectivity index (χ0) is 17.4. The van der Waals surface area contributed by atoms with Crippen LogP contribution in [0.5, 0.6) is 0 Å². The number of H-pyrrole nitrogens is 1. The van der Waals surface area contributed by atoms with E-state index in [0.29, 0.717) is 13.2 Å². The highest BCUT2D eigenvalue weighted by Gasteiger charge is 2.33. The van der Waals surface area contributed by atoms with Gasteiger partial charge in [0.2, 0.25) is 0 Å². The van der Waals surface area contributed by atoms with Crippen LogP contribution in [0.1, 0.15) is 31.4 Å². The van der Waals surface area contributed by atoms with Crippen molar-refractivity contribution in [1.82, 2.24) is 14.9 Å². The largest absolute Gasteiger partial charge is 0.394 e. The second-order valence-corrected chi connectivity index (χ2v) is 6.37. The summed E-state index contributed by atoms with van der Waals surface area (Å²) < 4.78 is 5.54. The maximum atomic E-state index is 10.4. The average molecular weight is 343 g/mol. The number of imidazole rings is 1. The molecule has 0 spiro atoms. The molecule has 5 N–H and O–H groups in total. The number of nitrogens with one attached hydrogen (secondary N) is 1. The van der Waals surface area contributed by atoms with Gasteiger partial charge in [-0.15, -0.1) is 0 Å². The Kier molecular flexibility index (Phi) is 8.10. The SMILES string of the molecule is OC[C@@H](O)[C@H]1OCCCCCCN(Cc2cnc[nH]2)C[C@H](O)[C@H]1O. The van der Waals surface area contributed by atoms with E-state index in [1.165, 1.54) is 0 Å². The van der Waals surface area contributed by atoms with Crippen molar-refractivity contribution in [2.45, 2.75) is 56.6 Å². The van der Waals surface area contributed by atoms with Gasteiger partial charge in [0.15, 0.2) is 0 Å². The van der Waals surface area contributed by atoms with E-state index < -0.39 is 31.0 Å². The maximum Gasteiger partial charge on any atom is 0.114 e. The summed E-state index contributed by atoms with van der Waals surface area (Å²) in [5.41, 5.74) is 0.937. The third-order valence-corrected chi connectivity index (χ3v) is 4.37. The highest BCUT2D eigenvalue weighted by Crippen LogP contribution is 2.15. The van der Waals surface area contributed by atoms with Crippen LogP contribution in [-0.4, -0.2) is 86.0 Å². The van der Waals surface area contributed by atoms with Gasteiger partial charge in [-0.1, -0.05) is 12.8 Å². The van der Waals surface area contributed by atoms with Crippen molar-refractivity contribution in [1.29, 1.82) is 0 Å². The number of aliphatic hydroxyl groups excluding tert-OH is 4. The summed E-state index contributed by atoms with van der Waals surface area (Å²) in [7, 11) is 0. The fourth-order valence-corrected chi connectivity index (χ4v) is 2.99. The Morgan fingerprint density at radius 3 is 2.79 bits per heavy atom. The Balaban J connectivity index is 2.04. The van der Waals surface area contributed by atoms with Crippen LogP contribution in [0.3, 0.4) is 0 Å². The molecule has 1 aromatic heterocycles. The Labute approximate surface area is 142 Å². The van der Waals surface area contributed by atoms with Gasteiger partial charge in [-0.25, -0.2) is 4.98 Å². The summed E-state index contributed by atoms with van der Waals surface area (Å²) in [5, 5.41) is 39.8. The zero-order valence-electron chi connectivity index (χ0n) is 13.9. The molecule has 1 fully saturated rings. The van der Waals surface area contributed by atoms with E-state index in [9.17, 15) is 15.3 Å². The molecule has 0 amide bonds. The molecule has 1 aromatic rings. The molecule has 8 heteroatoms. The molecule has 4 atom stereocenters. The molecular weight excluding hydrogens is 314 g/mol. The van der Waals surface area contributed by atoms with E-state index in [-0.39, 0.29) is 6.54 Å². The molecule has 1 saturated heterocycles. The van der Waals surface area contributed by atoms with Crippen LogP contribution in [0.2, 0.25) is 0 Å². The van der Waals surface area contributed by atoms with Gasteiger partial charge in [0, 0.05) is 31.6 Å². The lowest BCUT2D eigenvalue weighted by molar-refractivity contribution is -0.147. The molecule has 0 saturated carbocycles. The van der Waals surface area contributed by atoms with Crippen molar-refractivity contribution in [3.05, 3.63) is 18.2 Å². The highest BCUT2D eigenvalue weighted by molar-refractivity contribution is 4.94. The fourth-order valence-electron chi connectivity index (χ4n) is 2.99. The quantitative estimate of drug-likeness (QED) is 0.487. The molecule has 138 valence electrons. The molecule has 0 unspecified atom stereocenters. The number of β-amino-alcohol motifs (C(OH)–C–C–N with tert-alkyl or cyclic N) is 1. The van der Waals surface area contributed by atoms with E-state index in [4.69, 9.17) is 9.84 Å². The number of hydrogen-bond acceptors (Lipinski definition) is 7. The molecule has 0 aliphatic carbocycles. The topological polar surface area (TPSA) is 122 Å². The third-order valence-electron chi connectivity index (χ3n) is 4.37. The number of hydrogen-bond donors (Lipinski definition) is 5. The first kappa shape index (κ1) is 19.3. The van der Waals surface area contributed by atoms with E-state index in [2.05, 4.69) is 9.97 Å². The lowest BCUT2D eigenvalue weighted by atomic mass is 10.0. The average Bonchev–Trinajstić information content (AvgIpc) is 3.08. The first-order chi connectivity index (χ1) is 11.6. The van der Waals surface area contributed by atoms with Crippen LogP contribution in [-0.2, 0) is 11.3 Å². The van der Waals surface area contributed by atoms with Gasteiger partial charge in [0.05, 0.1) is 19.0 Å². The lowest BCUT2D eigenvalue weighted by Gasteiger charge is -2.33. The zero-order valence-corrected chi connectivity index (χ0v) is 13.9. The first-order valence-corrected chi connectivity index (χ1v) is 8.58. The van der Waals surface area contributed by atoms with Gasteiger partial charge < -0.3 is 30.1 Å². The van der Waals surface area contributed by atoms with E-state index in [1.54, 1.807) is 12.5 Å². The summed E-state index contributed by atoms with van der Waals surface area (Å²) in [4.78, 5) is 9.08. The molecule has 8 nitrogen and oxygen atoms in total. The minimum Gasteiger partial charge on any atom is -0.394 e. The van der Waals surface area contributed by atoms with Crippen LogP contribution in [0, 0.1) is 0 Å². The van der Waals surface area contributed by atoms with Crippen LogP contribution in [0.25, 0.3) is 0 Å². The summed E-state index contributed by atoms with van der Waals surface area (Å²) >= 11 is 0. The highest BCUT2D eigenvalue weighted by atomic mass is 16.5. The minimum absolute atomic E-state index is 0.248. The number of rotatable bonds is 4. The second-order valence-electron chi connectivity index (χ2n) is 6.37. The van der Waals surface area contributed by atoms with Crippen molar-refractivity contribution in [2.24, 2.45) is 0 Å². The molecule has 1 aliphatic heterocycles. The van der Waals surface area contributed by atoms with Crippen molar-refractivity contribution in [3.8, 4) is 0 Å².